The molecule has 1 saturated heterocycles. The number of nitrogens with one attached hydrogen (secondary N) is 1. The molecule has 110 valence electrons. The van der Waals surface area contributed by atoms with Gasteiger partial charge in [0.2, 0.25) is 5.91 Å². The van der Waals surface area contributed by atoms with Crippen LogP contribution in [0.4, 0.5) is 5.82 Å². The maximum atomic E-state index is 12.0. The van der Waals surface area contributed by atoms with Gasteiger partial charge in [-0.25, -0.2) is 0 Å². The SMILES string of the molecule is Cc1cc(NC(=O)C2CN(C(=O)c3cc(C)on3)C2)no1. The first kappa shape index (κ1) is 13.3. The van der Waals surface area contributed by atoms with Crippen LogP contribution in [0.1, 0.15) is 22.0 Å². The highest BCUT2D eigenvalue weighted by Crippen LogP contribution is 2.20. The highest BCUT2D eigenvalue weighted by molar-refractivity contribution is 5.97. The number of rotatable bonds is 3. The molecule has 0 spiro atoms. The van der Waals surface area contributed by atoms with Gasteiger partial charge in [-0.3, -0.25) is 9.59 Å². The van der Waals surface area contributed by atoms with E-state index in [0.717, 1.165) is 0 Å². The molecule has 8 nitrogen and oxygen atoms in total. The minimum absolute atomic E-state index is 0.177. The Labute approximate surface area is 120 Å². The number of anilines is 1. The second-order valence-corrected chi connectivity index (χ2v) is 5.04. The number of aryl methyl sites for hydroxylation is 2. The molecule has 1 fully saturated rings. The van der Waals surface area contributed by atoms with Crippen LogP contribution in [0.25, 0.3) is 0 Å². The van der Waals surface area contributed by atoms with E-state index in [-0.39, 0.29) is 23.4 Å². The highest BCUT2D eigenvalue weighted by Gasteiger charge is 2.37. The number of hydrogen-bond acceptors (Lipinski definition) is 6. The van der Waals surface area contributed by atoms with Crippen LogP contribution in [0, 0.1) is 19.8 Å². The van der Waals surface area contributed by atoms with Crippen molar-refractivity contribution in [3.05, 3.63) is 29.3 Å². The first-order valence-electron chi connectivity index (χ1n) is 6.49. The molecule has 0 saturated carbocycles. The number of carbonyl (C=O) groups is 2. The molecule has 0 radical (unpaired) electrons. The van der Waals surface area contributed by atoms with Crippen LogP contribution in [0.2, 0.25) is 0 Å². The summed E-state index contributed by atoms with van der Waals surface area (Å²) in [5, 5.41) is 10.0. The number of amides is 2. The number of hydrogen-bond donors (Lipinski definition) is 1. The van der Waals surface area contributed by atoms with E-state index in [9.17, 15) is 9.59 Å². The molecule has 0 aliphatic carbocycles. The smallest absolute Gasteiger partial charge is 0.276 e. The molecule has 1 aliphatic rings. The molecular formula is C13H14N4O4. The number of carbonyl (C=O) groups excluding carboxylic acids is 2. The predicted molar refractivity (Wildman–Crippen MR) is 70.5 cm³/mol. The van der Waals surface area contributed by atoms with Crippen molar-refractivity contribution in [1.29, 1.82) is 0 Å². The van der Waals surface area contributed by atoms with Crippen LogP contribution in [0.5, 0.6) is 0 Å². The zero-order valence-electron chi connectivity index (χ0n) is 11.6. The molecular weight excluding hydrogens is 276 g/mol. The summed E-state index contributed by atoms with van der Waals surface area (Å²) in [7, 11) is 0. The van der Waals surface area contributed by atoms with Gasteiger partial charge in [-0.2, -0.15) is 0 Å². The van der Waals surface area contributed by atoms with Gasteiger partial charge in [-0.05, 0) is 13.8 Å². The Morgan fingerprint density at radius 1 is 1.19 bits per heavy atom. The molecule has 0 atom stereocenters. The number of likely N-dealkylation sites (tertiary alicyclic amines) is 1. The number of nitrogens with zero attached hydrogens (tertiary/aromatic N) is 3. The third kappa shape index (κ3) is 2.64. The van der Waals surface area contributed by atoms with Crippen LogP contribution in [-0.2, 0) is 4.79 Å². The normalized spacial score (nSPS) is 14.9. The average molecular weight is 290 g/mol. The van der Waals surface area contributed by atoms with Gasteiger partial charge >= 0.3 is 0 Å². The zero-order chi connectivity index (χ0) is 15.0. The fraction of sp³-hybridized carbons (Fsp3) is 0.385. The van der Waals surface area contributed by atoms with Crippen molar-refractivity contribution in [3.63, 3.8) is 0 Å². The van der Waals surface area contributed by atoms with E-state index in [2.05, 4.69) is 15.6 Å². The summed E-state index contributed by atoms with van der Waals surface area (Å²) in [6, 6.07) is 3.21. The Morgan fingerprint density at radius 3 is 2.43 bits per heavy atom. The molecule has 3 heterocycles. The first-order valence-corrected chi connectivity index (χ1v) is 6.49. The van der Waals surface area contributed by atoms with Crippen molar-refractivity contribution >= 4 is 17.6 Å². The third-order valence-corrected chi connectivity index (χ3v) is 3.27. The van der Waals surface area contributed by atoms with Crippen molar-refractivity contribution in [2.45, 2.75) is 13.8 Å². The molecule has 21 heavy (non-hydrogen) atoms. The van der Waals surface area contributed by atoms with E-state index in [0.29, 0.717) is 30.4 Å². The maximum absolute atomic E-state index is 12.0. The quantitative estimate of drug-likeness (QED) is 0.904. The van der Waals surface area contributed by atoms with Gasteiger partial charge in [0.25, 0.3) is 5.91 Å². The third-order valence-electron chi connectivity index (χ3n) is 3.27. The van der Waals surface area contributed by atoms with Crippen LogP contribution in [0.15, 0.2) is 21.2 Å². The standard InChI is InChI=1S/C13H14N4O4/c1-7-3-10(15-20-7)13(19)17-5-9(6-17)12(18)14-11-4-8(2)21-16-11/h3-4,9H,5-6H2,1-2H3,(H,14,16,18). The Morgan fingerprint density at radius 2 is 1.86 bits per heavy atom. The summed E-state index contributed by atoms with van der Waals surface area (Å²) in [4.78, 5) is 25.5. The Hall–Kier alpha value is -2.64. The lowest BCUT2D eigenvalue weighted by Crippen LogP contribution is -2.54. The molecule has 1 N–H and O–H groups in total. The molecule has 0 bridgehead atoms. The highest BCUT2D eigenvalue weighted by atomic mass is 16.5. The maximum Gasteiger partial charge on any atom is 0.276 e. The molecule has 0 unspecified atom stereocenters. The lowest BCUT2D eigenvalue weighted by molar-refractivity contribution is -0.123. The number of aromatic nitrogens is 2. The molecule has 1 aliphatic heterocycles. The second kappa shape index (κ2) is 5.04. The molecule has 3 rings (SSSR count). The topological polar surface area (TPSA) is 101 Å². The van der Waals surface area contributed by atoms with Crippen molar-refractivity contribution in [2.24, 2.45) is 5.92 Å². The van der Waals surface area contributed by atoms with Crippen molar-refractivity contribution in [3.8, 4) is 0 Å². The van der Waals surface area contributed by atoms with Crippen LogP contribution in [-0.4, -0.2) is 40.1 Å². The second-order valence-electron chi connectivity index (χ2n) is 5.04. The van der Waals surface area contributed by atoms with E-state index in [1.807, 2.05) is 0 Å². The van der Waals surface area contributed by atoms with E-state index in [1.165, 1.54) is 0 Å². The largest absolute Gasteiger partial charge is 0.361 e. The fourth-order valence-electron chi connectivity index (χ4n) is 2.09. The van der Waals surface area contributed by atoms with Crippen molar-refractivity contribution in [2.75, 3.05) is 18.4 Å². The van der Waals surface area contributed by atoms with Gasteiger partial charge in [0, 0.05) is 25.2 Å². The minimum Gasteiger partial charge on any atom is -0.361 e. The van der Waals surface area contributed by atoms with Crippen LogP contribution < -0.4 is 5.32 Å². The predicted octanol–water partition coefficient (Wildman–Crippen LogP) is 0.990. The van der Waals surface area contributed by atoms with Gasteiger partial charge in [-0.15, -0.1) is 0 Å². The summed E-state index contributed by atoms with van der Waals surface area (Å²) in [5.41, 5.74) is 0.262. The summed E-state index contributed by atoms with van der Waals surface area (Å²) in [5.74, 6) is 0.928. The van der Waals surface area contributed by atoms with Crippen LogP contribution >= 0.6 is 0 Å². The van der Waals surface area contributed by atoms with Gasteiger partial charge in [0.15, 0.2) is 11.5 Å². The van der Waals surface area contributed by atoms with Crippen molar-refractivity contribution in [1.82, 2.24) is 15.2 Å². The van der Waals surface area contributed by atoms with E-state index < -0.39 is 0 Å². The lowest BCUT2D eigenvalue weighted by atomic mass is 9.98. The molecule has 2 amide bonds. The van der Waals surface area contributed by atoms with Crippen LogP contribution in [0.3, 0.4) is 0 Å². The summed E-state index contributed by atoms with van der Waals surface area (Å²) in [6.45, 7) is 4.17. The van der Waals surface area contributed by atoms with E-state index in [1.54, 1.807) is 30.9 Å². The molecule has 2 aromatic heterocycles. The fourth-order valence-corrected chi connectivity index (χ4v) is 2.09. The Bertz CT molecular complexity index is 684. The van der Waals surface area contributed by atoms with Crippen molar-refractivity contribution < 1.29 is 18.6 Å². The van der Waals surface area contributed by atoms with Gasteiger partial charge < -0.3 is 19.3 Å². The molecule has 2 aromatic rings. The lowest BCUT2D eigenvalue weighted by Gasteiger charge is -2.37. The summed E-state index contributed by atoms with van der Waals surface area (Å²) >= 11 is 0. The summed E-state index contributed by atoms with van der Waals surface area (Å²) < 4.78 is 9.73. The minimum atomic E-state index is -0.251. The Balaban J connectivity index is 1.53. The first-order chi connectivity index (χ1) is 10.0. The Kier molecular flexibility index (Phi) is 3.20. The van der Waals surface area contributed by atoms with E-state index >= 15 is 0 Å². The van der Waals surface area contributed by atoms with Gasteiger partial charge in [0.1, 0.15) is 11.5 Å². The molecule has 0 aromatic carbocycles. The van der Waals surface area contributed by atoms with Gasteiger partial charge in [0.05, 0.1) is 5.92 Å². The van der Waals surface area contributed by atoms with E-state index in [4.69, 9.17) is 9.05 Å². The summed E-state index contributed by atoms with van der Waals surface area (Å²) in [6.07, 6.45) is 0. The van der Waals surface area contributed by atoms with Gasteiger partial charge in [-0.1, -0.05) is 10.3 Å². The zero-order valence-corrected chi connectivity index (χ0v) is 11.6. The molecule has 8 heteroatoms. The monoisotopic (exact) mass is 290 g/mol. The average Bonchev–Trinajstić information content (AvgIpc) is 2.96.